The highest BCUT2D eigenvalue weighted by Crippen LogP contribution is 2.03. The standard InChI is InChI=1S/C8H13NO2/c1-5-6(2)9(7(3)10)8(4)11/h5H,1-4H3. The molecule has 3 nitrogen and oxygen atoms in total. The summed E-state index contributed by atoms with van der Waals surface area (Å²) in [4.78, 5) is 22.8. The molecule has 0 saturated heterocycles. The van der Waals surface area contributed by atoms with Crippen molar-refractivity contribution in [1.82, 2.24) is 4.90 Å². The summed E-state index contributed by atoms with van der Waals surface area (Å²) in [5, 5.41) is 0. The number of amides is 2. The first kappa shape index (κ1) is 9.88. The van der Waals surface area contributed by atoms with Gasteiger partial charge in [0.05, 0.1) is 0 Å². The molecule has 0 spiro atoms. The van der Waals surface area contributed by atoms with Crippen LogP contribution in [0.5, 0.6) is 0 Å². The van der Waals surface area contributed by atoms with E-state index < -0.39 is 0 Å². The number of rotatable bonds is 1. The van der Waals surface area contributed by atoms with Gasteiger partial charge in [-0.05, 0) is 13.8 Å². The predicted octanol–water partition coefficient (Wildman–Crippen LogP) is 1.31. The summed E-state index contributed by atoms with van der Waals surface area (Å²) < 4.78 is 0. The molecule has 0 fully saturated rings. The molecule has 0 rings (SSSR count). The van der Waals surface area contributed by atoms with Gasteiger partial charge >= 0.3 is 0 Å². The molecular formula is C8H13NO2. The molecule has 11 heavy (non-hydrogen) atoms. The summed E-state index contributed by atoms with van der Waals surface area (Å²) >= 11 is 0. The quantitative estimate of drug-likeness (QED) is 0.572. The summed E-state index contributed by atoms with van der Waals surface area (Å²) in [6.45, 7) is 6.25. The van der Waals surface area contributed by atoms with Crippen molar-refractivity contribution >= 4 is 11.8 Å². The zero-order valence-electron chi connectivity index (χ0n) is 7.34. The average molecular weight is 155 g/mol. The zero-order chi connectivity index (χ0) is 9.02. The van der Waals surface area contributed by atoms with Gasteiger partial charge in [-0.1, -0.05) is 6.08 Å². The molecule has 0 aromatic heterocycles. The van der Waals surface area contributed by atoms with Gasteiger partial charge in [0.2, 0.25) is 11.8 Å². The molecule has 0 aliphatic rings. The Labute approximate surface area is 66.7 Å². The SMILES string of the molecule is CC=C(C)N(C(C)=O)C(C)=O. The van der Waals surface area contributed by atoms with E-state index in [-0.39, 0.29) is 11.8 Å². The summed E-state index contributed by atoms with van der Waals surface area (Å²) in [6.07, 6.45) is 1.72. The Morgan fingerprint density at radius 2 is 1.45 bits per heavy atom. The Kier molecular flexibility index (Phi) is 3.51. The van der Waals surface area contributed by atoms with Crippen LogP contribution in [0, 0.1) is 0 Å². The predicted molar refractivity (Wildman–Crippen MR) is 42.6 cm³/mol. The zero-order valence-corrected chi connectivity index (χ0v) is 7.34. The summed E-state index contributed by atoms with van der Waals surface area (Å²) in [6, 6.07) is 0. The Morgan fingerprint density at radius 1 is 1.09 bits per heavy atom. The van der Waals surface area contributed by atoms with Crippen LogP contribution in [0.15, 0.2) is 11.8 Å². The van der Waals surface area contributed by atoms with Gasteiger partial charge < -0.3 is 0 Å². The lowest BCUT2D eigenvalue weighted by Crippen LogP contribution is -2.31. The third kappa shape index (κ3) is 2.53. The minimum atomic E-state index is -0.242. The van der Waals surface area contributed by atoms with Crippen molar-refractivity contribution in [3.05, 3.63) is 11.8 Å². The molecule has 0 radical (unpaired) electrons. The molecule has 0 saturated carbocycles. The molecule has 0 aliphatic heterocycles. The number of carbonyl (C=O) groups excluding carboxylic acids is 2. The fourth-order valence-corrected chi connectivity index (χ4v) is 0.848. The van der Waals surface area contributed by atoms with E-state index in [1.807, 2.05) is 0 Å². The highest BCUT2D eigenvalue weighted by atomic mass is 16.2. The van der Waals surface area contributed by atoms with Crippen LogP contribution in [0.3, 0.4) is 0 Å². The first-order valence-corrected chi connectivity index (χ1v) is 3.45. The minimum Gasteiger partial charge on any atom is -0.274 e. The number of nitrogens with zero attached hydrogens (tertiary/aromatic N) is 1. The Balaban J connectivity index is 4.62. The number of hydrogen-bond donors (Lipinski definition) is 0. The van der Waals surface area contributed by atoms with E-state index in [0.717, 1.165) is 4.90 Å². The maximum absolute atomic E-state index is 10.8. The highest BCUT2D eigenvalue weighted by Gasteiger charge is 2.13. The smallest absolute Gasteiger partial charge is 0.230 e. The van der Waals surface area contributed by atoms with E-state index >= 15 is 0 Å². The van der Waals surface area contributed by atoms with Crippen molar-refractivity contribution in [2.45, 2.75) is 27.7 Å². The van der Waals surface area contributed by atoms with E-state index in [0.29, 0.717) is 5.70 Å². The number of imide groups is 1. The fourth-order valence-electron chi connectivity index (χ4n) is 0.848. The molecule has 0 N–H and O–H groups in total. The Hall–Kier alpha value is -1.12. The van der Waals surface area contributed by atoms with Gasteiger partial charge in [0.15, 0.2) is 0 Å². The number of hydrogen-bond acceptors (Lipinski definition) is 2. The van der Waals surface area contributed by atoms with E-state index in [1.54, 1.807) is 19.9 Å². The second-order valence-electron chi connectivity index (χ2n) is 2.30. The van der Waals surface area contributed by atoms with E-state index in [1.165, 1.54) is 13.8 Å². The Morgan fingerprint density at radius 3 is 1.55 bits per heavy atom. The van der Waals surface area contributed by atoms with Crippen LogP contribution < -0.4 is 0 Å². The topological polar surface area (TPSA) is 37.4 Å². The minimum absolute atomic E-state index is 0.242. The van der Waals surface area contributed by atoms with Crippen LogP contribution in [-0.4, -0.2) is 16.7 Å². The van der Waals surface area contributed by atoms with E-state index in [4.69, 9.17) is 0 Å². The molecule has 0 aromatic carbocycles. The summed E-state index contributed by atoms with van der Waals surface area (Å²) in [5.74, 6) is -0.485. The third-order valence-corrected chi connectivity index (χ3v) is 1.40. The number of allylic oxidation sites excluding steroid dienone is 2. The van der Waals surface area contributed by atoms with Gasteiger partial charge in [-0.2, -0.15) is 0 Å². The van der Waals surface area contributed by atoms with Crippen LogP contribution in [0.25, 0.3) is 0 Å². The molecule has 0 atom stereocenters. The Bertz CT molecular complexity index is 192. The lowest BCUT2D eigenvalue weighted by Gasteiger charge is -2.16. The van der Waals surface area contributed by atoms with Crippen molar-refractivity contribution in [3.63, 3.8) is 0 Å². The fraction of sp³-hybridized carbons (Fsp3) is 0.500. The van der Waals surface area contributed by atoms with Crippen LogP contribution >= 0.6 is 0 Å². The second kappa shape index (κ2) is 3.91. The van der Waals surface area contributed by atoms with Crippen molar-refractivity contribution in [2.24, 2.45) is 0 Å². The van der Waals surface area contributed by atoms with Crippen molar-refractivity contribution in [3.8, 4) is 0 Å². The largest absolute Gasteiger partial charge is 0.274 e. The van der Waals surface area contributed by atoms with Gasteiger partial charge in [-0.25, -0.2) is 0 Å². The summed E-state index contributed by atoms with van der Waals surface area (Å²) in [5.41, 5.74) is 0.671. The van der Waals surface area contributed by atoms with Gasteiger partial charge in [0.25, 0.3) is 0 Å². The van der Waals surface area contributed by atoms with Gasteiger partial charge in [0.1, 0.15) is 0 Å². The van der Waals surface area contributed by atoms with Gasteiger partial charge in [-0.15, -0.1) is 0 Å². The first-order valence-electron chi connectivity index (χ1n) is 3.45. The maximum Gasteiger partial charge on any atom is 0.230 e. The van der Waals surface area contributed by atoms with Crippen molar-refractivity contribution in [2.75, 3.05) is 0 Å². The molecule has 0 heterocycles. The second-order valence-corrected chi connectivity index (χ2v) is 2.30. The molecule has 0 unspecified atom stereocenters. The normalized spacial score (nSPS) is 11.1. The molecular weight excluding hydrogens is 142 g/mol. The molecule has 3 heteroatoms. The molecule has 62 valence electrons. The molecule has 2 amide bonds. The third-order valence-electron chi connectivity index (χ3n) is 1.40. The first-order chi connectivity index (χ1) is 5.00. The van der Waals surface area contributed by atoms with Crippen LogP contribution in [0.1, 0.15) is 27.7 Å². The highest BCUT2D eigenvalue weighted by molar-refractivity contribution is 5.94. The van der Waals surface area contributed by atoms with Crippen LogP contribution in [0.2, 0.25) is 0 Å². The molecule has 0 bridgehead atoms. The number of carbonyl (C=O) groups is 2. The lowest BCUT2D eigenvalue weighted by molar-refractivity contribution is -0.139. The van der Waals surface area contributed by atoms with Crippen LogP contribution in [-0.2, 0) is 9.59 Å². The van der Waals surface area contributed by atoms with E-state index in [9.17, 15) is 9.59 Å². The molecule has 0 aromatic rings. The monoisotopic (exact) mass is 155 g/mol. The maximum atomic E-state index is 10.8. The van der Waals surface area contributed by atoms with Crippen molar-refractivity contribution < 1.29 is 9.59 Å². The summed E-state index contributed by atoms with van der Waals surface area (Å²) in [7, 11) is 0. The van der Waals surface area contributed by atoms with Crippen LogP contribution in [0.4, 0.5) is 0 Å². The lowest BCUT2D eigenvalue weighted by atomic mass is 10.3. The molecule has 0 aliphatic carbocycles. The van der Waals surface area contributed by atoms with Gasteiger partial charge in [-0.3, -0.25) is 14.5 Å². The average Bonchev–Trinajstić information content (AvgIpc) is 1.85. The van der Waals surface area contributed by atoms with Crippen molar-refractivity contribution in [1.29, 1.82) is 0 Å². The van der Waals surface area contributed by atoms with Gasteiger partial charge in [0, 0.05) is 19.5 Å². The van der Waals surface area contributed by atoms with E-state index in [2.05, 4.69) is 0 Å².